The van der Waals surface area contributed by atoms with E-state index in [1.165, 1.54) is 6.07 Å². The van der Waals surface area contributed by atoms with Gasteiger partial charge in [-0.3, -0.25) is 0 Å². The Hall–Kier alpha value is -2.30. The van der Waals surface area contributed by atoms with E-state index in [1.807, 2.05) is 19.1 Å². The average Bonchev–Trinajstić information content (AvgIpc) is 2.47. The number of alkyl halides is 2. The van der Waals surface area contributed by atoms with Crippen molar-refractivity contribution in [2.75, 3.05) is 6.61 Å². The minimum atomic E-state index is -2.86. The summed E-state index contributed by atoms with van der Waals surface area (Å²) in [4.78, 5) is 0. The highest BCUT2D eigenvalue weighted by molar-refractivity contribution is 5.40. The number of hydrogen-bond donors (Lipinski definition) is 0. The predicted molar refractivity (Wildman–Crippen MR) is 75.0 cm³/mol. The Bertz CT molecular complexity index is 573. The SMILES string of the molecule is CCOc1ccccc1OCc1ccccc1OC(F)F. The maximum atomic E-state index is 12.3. The summed E-state index contributed by atoms with van der Waals surface area (Å²) in [7, 11) is 0. The van der Waals surface area contributed by atoms with Crippen LogP contribution in [-0.2, 0) is 6.61 Å². The smallest absolute Gasteiger partial charge is 0.387 e. The van der Waals surface area contributed by atoms with E-state index >= 15 is 0 Å². The van der Waals surface area contributed by atoms with Crippen LogP contribution in [0.5, 0.6) is 17.2 Å². The van der Waals surface area contributed by atoms with Crippen molar-refractivity contribution in [2.24, 2.45) is 0 Å². The van der Waals surface area contributed by atoms with Crippen LogP contribution in [0.25, 0.3) is 0 Å². The first-order valence-corrected chi connectivity index (χ1v) is 6.58. The van der Waals surface area contributed by atoms with Crippen LogP contribution in [0, 0.1) is 0 Å². The molecule has 0 spiro atoms. The van der Waals surface area contributed by atoms with Gasteiger partial charge in [0.2, 0.25) is 0 Å². The Morgan fingerprint density at radius 1 is 0.857 bits per heavy atom. The van der Waals surface area contributed by atoms with E-state index in [0.29, 0.717) is 23.7 Å². The normalized spacial score (nSPS) is 10.5. The molecule has 0 aliphatic rings. The summed E-state index contributed by atoms with van der Waals surface area (Å²) in [5.41, 5.74) is 0.545. The molecule has 0 radical (unpaired) electrons. The standard InChI is InChI=1S/C16H16F2O3/c1-2-19-14-9-5-6-10-15(14)20-11-12-7-3-4-8-13(12)21-16(17)18/h3-10,16H,2,11H2,1H3. The molecule has 0 saturated heterocycles. The third kappa shape index (κ3) is 4.34. The molecule has 2 aromatic rings. The molecule has 5 heteroatoms. The van der Waals surface area contributed by atoms with Gasteiger partial charge in [-0.25, -0.2) is 0 Å². The molecule has 0 N–H and O–H groups in total. The van der Waals surface area contributed by atoms with Crippen LogP contribution < -0.4 is 14.2 Å². The van der Waals surface area contributed by atoms with Crippen molar-refractivity contribution in [3.8, 4) is 17.2 Å². The van der Waals surface area contributed by atoms with Crippen LogP contribution in [0.1, 0.15) is 12.5 Å². The highest BCUT2D eigenvalue weighted by Crippen LogP contribution is 2.28. The molecule has 0 aliphatic carbocycles. The third-order valence-electron chi connectivity index (χ3n) is 2.72. The van der Waals surface area contributed by atoms with Gasteiger partial charge in [-0.15, -0.1) is 0 Å². The zero-order valence-electron chi connectivity index (χ0n) is 11.6. The van der Waals surface area contributed by atoms with Crippen LogP contribution in [0.15, 0.2) is 48.5 Å². The van der Waals surface area contributed by atoms with Crippen molar-refractivity contribution in [1.29, 1.82) is 0 Å². The second-order valence-electron chi connectivity index (χ2n) is 4.15. The van der Waals surface area contributed by atoms with Gasteiger partial charge in [0.15, 0.2) is 11.5 Å². The molecule has 2 aromatic carbocycles. The first kappa shape index (κ1) is 15.1. The lowest BCUT2D eigenvalue weighted by molar-refractivity contribution is -0.0508. The monoisotopic (exact) mass is 294 g/mol. The Morgan fingerprint density at radius 2 is 1.43 bits per heavy atom. The number of para-hydroxylation sites is 3. The van der Waals surface area contributed by atoms with Crippen LogP contribution in [0.2, 0.25) is 0 Å². The van der Waals surface area contributed by atoms with E-state index < -0.39 is 6.61 Å². The van der Waals surface area contributed by atoms with Crippen molar-refractivity contribution >= 4 is 0 Å². The van der Waals surface area contributed by atoms with Crippen LogP contribution in [0.4, 0.5) is 8.78 Å². The molecule has 0 atom stereocenters. The summed E-state index contributed by atoms with van der Waals surface area (Å²) in [6.45, 7) is -0.345. The summed E-state index contributed by atoms with van der Waals surface area (Å²) < 4.78 is 40.2. The molecule has 0 heterocycles. The summed E-state index contributed by atoms with van der Waals surface area (Å²) in [6, 6.07) is 13.8. The van der Waals surface area contributed by atoms with Gasteiger partial charge in [-0.2, -0.15) is 8.78 Å². The Morgan fingerprint density at radius 3 is 2.05 bits per heavy atom. The number of ether oxygens (including phenoxy) is 3. The molecule has 0 amide bonds. The molecule has 0 aromatic heterocycles. The molecular weight excluding hydrogens is 278 g/mol. The zero-order valence-corrected chi connectivity index (χ0v) is 11.6. The lowest BCUT2D eigenvalue weighted by Gasteiger charge is -2.14. The predicted octanol–water partition coefficient (Wildman–Crippen LogP) is 4.27. The number of benzene rings is 2. The van der Waals surface area contributed by atoms with E-state index in [0.717, 1.165) is 0 Å². The lowest BCUT2D eigenvalue weighted by Crippen LogP contribution is -2.06. The maximum absolute atomic E-state index is 12.3. The third-order valence-corrected chi connectivity index (χ3v) is 2.72. The van der Waals surface area contributed by atoms with E-state index in [9.17, 15) is 8.78 Å². The van der Waals surface area contributed by atoms with Gasteiger partial charge in [0, 0.05) is 5.56 Å². The van der Waals surface area contributed by atoms with Crippen LogP contribution >= 0.6 is 0 Å². The largest absolute Gasteiger partial charge is 0.490 e. The van der Waals surface area contributed by atoms with Crippen LogP contribution in [-0.4, -0.2) is 13.2 Å². The highest BCUT2D eigenvalue weighted by Gasteiger charge is 2.10. The lowest BCUT2D eigenvalue weighted by atomic mass is 10.2. The van der Waals surface area contributed by atoms with Gasteiger partial charge in [-0.05, 0) is 25.1 Å². The molecule has 2 rings (SSSR count). The molecule has 0 unspecified atom stereocenters. The quantitative estimate of drug-likeness (QED) is 0.763. The first-order valence-electron chi connectivity index (χ1n) is 6.58. The fourth-order valence-corrected chi connectivity index (χ4v) is 1.83. The van der Waals surface area contributed by atoms with Crippen molar-refractivity contribution in [3.63, 3.8) is 0 Å². The number of rotatable bonds is 7. The molecule has 112 valence electrons. The molecule has 0 saturated carbocycles. The van der Waals surface area contributed by atoms with Crippen molar-refractivity contribution in [3.05, 3.63) is 54.1 Å². The van der Waals surface area contributed by atoms with Crippen molar-refractivity contribution < 1.29 is 23.0 Å². The fourth-order valence-electron chi connectivity index (χ4n) is 1.83. The average molecular weight is 294 g/mol. The van der Waals surface area contributed by atoms with Gasteiger partial charge >= 0.3 is 6.61 Å². The maximum Gasteiger partial charge on any atom is 0.387 e. The first-order chi connectivity index (χ1) is 10.2. The molecule has 21 heavy (non-hydrogen) atoms. The topological polar surface area (TPSA) is 27.7 Å². The van der Waals surface area contributed by atoms with E-state index in [4.69, 9.17) is 9.47 Å². The summed E-state index contributed by atoms with van der Waals surface area (Å²) in [5.74, 6) is 1.29. The number of hydrogen-bond acceptors (Lipinski definition) is 3. The summed E-state index contributed by atoms with van der Waals surface area (Å²) >= 11 is 0. The fraction of sp³-hybridized carbons (Fsp3) is 0.250. The van der Waals surface area contributed by atoms with E-state index in [1.54, 1.807) is 30.3 Å². The molecule has 0 aliphatic heterocycles. The van der Waals surface area contributed by atoms with Gasteiger partial charge in [0.1, 0.15) is 12.4 Å². The van der Waals surface area contributed by atoms with Gasteiger partial charge in [-0.1, -0.05) is 30.3 Å². The highest BCUT2D eigenvalue weighted by atomic mass is 19.3. The molecular formula is C16H16F2O3. The van der Waals surface area contributed by atoms with E-state index in [-0.39, 0.29) is 12.4 Å². The van der Waals surface area contributed by atoms with Crippen LogP contribution in [0.3, 0.4) is 0 Å². The molecule has 3 nitrogen and oxygen atoms in total. The Kier molecular flexibility index (Phi) is 5.37. The minimum Gasteiger partial charge on any atom is -0.490 e. The number of halogens is 2. The minimum absolute atomic E-state index is 0.112. The van der Waals surface area contributed by atoms with E-state index in [2.05, 4.69) is 4.74 Å². The van der Waals surface area contributed by atoms with Crippen molar-refractivity contribution in [1.82, 2.24) is 0 Å². The van der Waals surface area contributed by atoms with Gasteiger partial charge < -0.3 is 14.2 Å². The Labute approximate surface area is 122 Å². The Balaban J connectivity index is 2.10. The molecule has 0 bridgehead atoms. The van der Waals surface area contributed by atoms with Gasteiger partial charge in [0.05, 0.1) is 6.61 Å². The summed E-state index contributed by atoms with van der Waals surface area (Å²) in [6.07, 6.45) is 0. The van der Waals surface area contributed by atoms with Crippen molar-refractivity contribution in [2.45, 2.75) is 20.1 Å². The summed E-state index contributed by atoms with van der Waals surface area (Å²) in [5, 5.41) is 0. The second-order valence-corrected chi connectivity index (χ2v) is 4.15. The second kappa shape index (κ2) is 7.47. The van der Waals surface area contributed by atoms with Gasteiger partial charge in [0.25, 0.3) is 0 Å². The molecule has 0 fully saturated rings. The zero-order chi connectivity index (χ0) is 15.1.